The zero-order chi connectivity index (χ0) is 15.4. The molecule has 0 N–H and O–H groups in total. The van der Waals surface area contributed by atoms with Crippen molar-refractivity contribution in [1.82, 2.24) is 4.90 Å². The lowest BCUT2D eigenvalue weighted by Crippen LogP contribution is -2.36. The van der Waals surface area contributed by atoms with Crippen LogP contribution < -0.4 is 0 Å². The van der Waals surface area contributed by atoms with E-state index in [2.05, 4.69) is 48.6 Å². The predicted molar refractivity (Wildman–Crippen MR) is 95.3 cm³/mol. The Kier molecular flexibility index (Phi) is 5.39. The Bertz CT molecular complexity index is 622. The van der Waals surface area contributed by atoms with Gasteiger partial charge in [-0.1, -0.05) is 42.5 Å². The van der Waals surface area contributed by atoms with E-state index in [1.165, 1.54) is 0 Å². The predicted octanol–water partition coefficient (Wildman–Crippen LogP) is 4.65. The number of hydrogen-bond acceptors (Lipinski definition) is 1. The summed E-state index contributed by atoms with van der Waals surface area (Å²) in [6, 6.07) is 16.2. The Balaban J connectivity index is 2.30. The zero-order valence-corrected chi connectivity index (χ0v) is 14.8. The molecule has 0 aromatic heterocycles. The number of carbonyl (C=O) groups excluding carboxylic acids is 1. The van der Waals surface area contributed by atoms with Crippen LogP contribution in [0.2, 0.25) is 0 Å². The fourth-order valence-electron chi connectivity index (χ4n) is 2.24. The molecule has 3 heteroatoms. The maximum Gasteiger partial charge on any atom is 0.255 e. The maximum atomic E-state index is 12.9. The van der Waals surface area contributed by atoms with Gasteiger partial charge >= 0.3 is 0 Å². The third-order valence-corrected chi connectivity index (χ3v) is 4.93. The van der Waals surface area contributed by atoms with Crippen LogP contribution in [0.4, 0.5) is 0 Å². The molecule has 2 nitrogen and oxygen atoms in total. The first kappa shape index (κ1) is 16.0. The van der Waals surface area contributed by atoms with Gasteiger partial charge in [0, 0.05) is 16.2 Å². The van der Waals surface area contributed by atoms with Crippen LogP contribution in [0.1, 0.15) is 35.3 Å². The van der Waals surface area contributed by atoms with Crippen LogP contribution in [0, 0.1) is 10.5 Å². The van der Waals surface area contributed by atoms with E-state index < -0.39 is 0 Å². The third-order valence-electron chi connectivity index (χ3n) is 3.50. The van der Waals surface area contributed by atoms with Gasteiger partial charge in [0.2, 0.25) is 0 Å². The molecular weight excluding hydrogens is 373 g/mol. The topological polar surface area (TPSA) is 20.3 Å². The second kappa shape index (κ2) is 7.07. The van der Waals surface area contributed by atoms with Crippen LogP contribution in [0.5, 0.6) is 0 Å². The number of carbonyl (C=O) groups is 1. The molecule has 0 aliphatic carbocycles. The van der Waals surface area contributed by atoms with E-state index in [1.54, 1.807) is 0 Å². The van der Waals surface area contributed by atoms with Gasteiger partial charge in [-0.25, -0.2) is 0 Å². The molecule has 0 atom stereocenters. The molecule has 2 rings (SSSR count). The van der Waals surface area contributed by atoms with E-state index in [9.17, 15) is 4.79 Å². The van der Waals surface area contributed by atoms with Crippen molar-refractivity contribution in [2.45, 2.75) is 33.4 Å². The highest BCUT2D eigenvalue weighted by molar-refractivity contribution is 14.1. The average molecular weight is 393 g/mol. The number of benzene rings is 2. The molecule has 110 valence electrons. The first-order valence-corrected chi connectivity index (χ1v) is 8.18. The van der Waals surface area contributed by atoms with Crippen molar-refractivity contribution in [3.63, 3.8) is 0 Å². The molecule has 0 fully saturated rings. The normalized spacial score (nSPS) is 10.7. The van der Waals surface area contributed by atoms with E-state index in [-0.39, 0.29) is 11.9 Å². The molecule has 0 saturated heterocycles. The van der Waals surface area contributed by atoms with Gasteiger partial charge in [0.1, 0.15) is 0 Å². The molecular formula is C18H20INO. The summed E-state index contributed by atoms with van der Waals surface area (Å²) >= 11 is 2.26. The lowest BCUT2D eigenvalue weighted by Gasteiger charge is -2.27. The molecule has 0 bridgehead atoms. The number of amides is 1. The molecule has 21 heavy (non-hydrogen) atoms. The van der Waals surface area contributed by atoms with E-state index in [1.807, 2.05) is 48.2 Å². The highest BCUT2D eigenvalue weighted by atomic mass is 127. The summed E-state index contributed by atoms with van der Waals surface area (Å²) in [4.78, 5) is 14.8. The largest absolute Gasteiger partial charge is 0.332 e. The Morgan fingerprint density at radius 2 is 1.76 bits per heavy atom. The number of hydrogen-bond donors (Lipinski definition) is 0. The highest BCUT2D eigenvalue weighted by Gasteiger charge is 2.21. The van der Waals surface area contributed by atoms with Gasteiger partial charge in [-0.2, -0.15) is 0 Å². The summed E-state index contributed by atoms with van der Waals surface area (Å²) in [5.41, 5.74) is 3.09. The standard InChI is InChI=1S/C18H20INO/c1-13(2)20(12-15-9-5-4-6-10-15)18(21)16-11-7-8-14(3)17(16)19/h4-11,13H,12H2,1-3H3. The first-order valence-electron chi connectivity index (χ1n) is 7.10. The van der Waals surface area contributed by atoms with Gasteiger partial charge in [-0.3, -0.25) is 4.79 Å². The third kappa shape index (κ3) is 3.84. The minimum absolute atomic E-state index is 0.0990. The average Bonchev–Trinajstić information content (AvgIpc) is 2.48. The Hall–Kier alpha value is -1.36. The highest BCUT2D eigenvalue weighted by Crippen LogP contribution is 2.20. The number of nitrogens with zero attached hydrogens (tertiary/aromatic N) is 1. The minimum Gasteiger partial charge on any atom is -0.332 e. The lowest BCUT2D eigenvalue weighted by atomic mass is 10.1. The van der Waals surface area contributed by atoms with Gasteiger partial charge in [0.05, 0.1) is 5.56 Å². The van der Waals surface area contributed by atoms with Gasteiger partial charge in [0.25, 0.3) is 5.91 Å². The van der Waals surface area contributed by atoms with Gasteiger partial charge in [0.15, 0.2) is 0 Å². The summed E-state index contributed by atoms with van der Waals surface area (Å²) in [5, 5.41) is 0. The van der Waals surface area contributed by atoms with Crippen molar-refractivity contribution in [2.24, 2.45) is 0 Å². The second-order valence-corrected chi connectivity index (χ2v) is 6.53. The Morgan fingerprint density at radius 1 is 1.10 bits per heavy atom. The van der Waals surface area contributed by atoms with Crippen molar-refractivity contribution in [3.05, 3.63) is 68.8 Å². The second-order valence-electron chi connectivity index (χ2n) is 5.45. The van der Waals surface area contributed by atoms with Crippen molar-refractivity contribution < 1.29 is 4.79 Å². The fraction of sp³-hybridized carbons (Fsp3) is 0.278. The van der Waals surface area contributed by atoms with E-state index in [4.69, 9.17) is 0 Å². The fourth-order valence-corrected chi connectivity index (χ4v) is 2.83. The van der Waals surface area contributed by atoms with Crippen LogP contribution in [0.25, 0.3) is 0 Å². The van der Waals surface area contributed by atoms with Crippen LogP contribution in [-0.2, 0) is 6.54 Å². The van der Waals surface area contributed by atoms with Crippen molar-refractivity contribution in [2.75, 3.05) is 0 Å². The Morgan fingerprint density at radius 3 is 2.38 bits per heavy atom. The van der Waals surface area contributed by atoms with Crippen LogP contribution >= 0.6 is 22.6 Å². The summed E-state index contributed by atoms with van der Waals surface area (Å²) in [6.45, 7) is 6.80. The van der Waals surface area contributed by atoms with Crippen LogP contribution in [0.3, 0.4) is 0 Å². The Labute approximate surface area is 140 Å². The van der Waals surface area contributed by atoms with Crippen LogP contribution in [0.15, 0.2) is 48.5 Å². The molecule has 2 aromatic carbocycles. The first-order chi connectivity index (χ1) is 10.0. The minimum atomic E-state index is 0.0990. The van der Waals surface area contributed by atoms with Crippen molar-refractivity contribution in [3.8, 4) is 0 Å². The molecule has 0 spiro atoms. The van der Waals surface area contributed by atoms with Crippen LogP contribution in [-0.4, -0.2) is 16.8 Å². The van der Waals surface area contributed by atoms with E-state index in [0.29, 0.717) is 6.54 Å². The summed E-state index contributed by atoms with van der Waals surface area (Å²) in [6.07, 6.45) is 0. The summed E-state index contributed by atoms with van der Waals surface area (Å²) in [5.74, 6) is 0.0990. The molecule has 0 radical (unpaired) electrons. The maximum absolute atomic E-state index is 12.9. The van der Waals surface area contributed by atoms with Gasteiger partial charge in [-0.15, -0.1) is 0 Å². The SMILES string of the molecule is Cc1cccc(C(=O)N(Cc2ccccc2)C(C)C)c1I. The monoisotopic (exact) mass is 393 g/mol. The molecule has 0 aliphatic rings. The molecule has 0 aliphatic heterocycles. The zero-order valence-electron chi connectivity index (χ0n) is 12.6. The number of rotatable bonds is 4. The van der Waals surface area contributed by atoms with Gasteiger partial charge in [-0.05, 0) is 60.6 Å². The summed E-state index contributed by atoms with van der Waals surface area (Å²) < 4.78 is 1.04. The smallest absolute Gasteiger partial charge is 0.255 e. The molecule has 0 unspecified atom stereocenters. The van der Waals surface area contributed by atoms with Crippen molar-refractivity contribution >= 4 is 28.5 Å². The number of halogens is 1. The van der Waals surface area contributed by atoms with E-state index in [0.717, 1.165) is 20.3 Å². The molecule has 0 saturated carbocycles. The van der Waals surface area contributed by atoms with Crippen molar-refractivity contribution in [1.29, 1.82) is 0 Å². The molecule has 0 heterocycles. The quantitative estimate of drug-likeness (QED) is 0.693. The lowest BCUT2D eigenvalue weighted by molar-refractivity contribution is 0.0689. The summed E-state index contributed by atoms with van der Waals surface area (Å²) in [7, 11) is 0. The molecule has 1 amide bonds. The molecule has 2 aromatic rings. The van der Waals surface area contributed by atoms with E-state index >= 15 is 0 Å². The number of aryl methyl sites for hydroxylation is 1. The van der Waals surface area contributed by atoms with Gasteiger partial charge < -0.3 is 4.90 Å².